The Hall–Kier alpha value is -3.47. The van der Waals surface area contributed by atoms with Crippen molar-refractivity contribution in [3.63, 3.8) is 0 Å². The van der Waals surface area contributed by atoms with Gasteiger partial charge in [0.25, 0.3) is 5.56 Å². The molecule has 0 unspecified atom stereocenters. The molecule has 0 bridgehead atoms. The number of hydrogen-bond donors (Lipinski definition) is 1. The van der Waals surface area contributed by atoms with Gasteiger partial charge in [-0.1, -0.05) is 15.9 Å². The molecule has 37 heavy (non-hydrogen) atoms. The minimum absolute atomic E-state index is 0.0264. The van der Waals surface area contributed by atoms with Crippen molar-refractivity contribution in [1.82, 2.24) is 24.3 Å². The van der Waals surface area contributed by atoms with Gasteiger partial charge in [0.15, 0.2) is 0 Å². The Morgan fingerprint density at radius 2 is 1.86 bits per heavy atom. The third kappa shape index (κ3) is 4.45. The van der Waals surface area contributed by atoms with Gasteiger partial charge in [-0.05, 0) is 56.0 Å². The molecule has 1 N–H and O–H groups in total. The van der Waals surface area contributed by atoms with Crippen LogP contribution in [0.15, 0.2) is 50.6 Å². The van der Waals surface area contributed by atoms with Crippen molar-refractivity contribution < 1.29 is 9.59 Å². The Bertz CT molecular complexity index is 1530. The normalized spacial score (nSPS) is 22.9. The first-order valence-electron chi connectivity index (χ1n) is 12.5. The number of piperazine rings is 1. The van der Waals surface area contributed by atoms with E-state index in [1.165, 1.54) is 10.8 Å². The van der Waals surface area contributed by atoms with Crippen LogP contribution in [0.5, 0.6) is 0 Å². The lowest BCUT2D eigenvalue weighted by molar-refractivity contribution is -0.145. The number of rotatable bonds is 4. The van der Waals surface area contributed by atoms with E-state index in [1.807, 2.05) is 29.2 Å². The highest BCUT2D eigenvalue weighted by Crippen LogP contribution is 2.48. The molecule has 2 amide bonds. The molecule has 3 aliphatic rings. The number of likely N-dealkylation sites (tertiary alicyclic amines) is 1. The number of aromatic nitrogens is 3. The van der Waals surface area contributed by atoms with E-state index < -0.39 is 17.3 Å². The van der Waals surface area contributed by atoms with Gasteiger partial charge in [-0.2, -0.15) is 0 Å². The van der Waals surface area contributed by atoms with E-state index >= 15 is 0 Å². The number of H-pyrrole nitrogens is 1. The van der Waals surface area contributed by atoms with Crippen molar-refractivity contribution in [3.05, 3.63) is 67.4 Å². The molecule has 4 heterocycles. The molecule has 0 radical (unpaired) electrons. The van der Waals surface area contributed by atoms with Gasteiger partial charge in [0.05, 0.1) is 5.52 Å². The van der Waals surface area contributed by atoms with Crippen LogP contribution in [0.25, 0.3) is 10.9 Å². The average molecular weight is 567 g/mol. The number of hydrogen-bond acceptors (Lipinski definition) is 6. The highest BCUT2D eigenvalue weighted by atomic mass is 79.9. The molecule has 0 spiro atoms. The number of nitrogens with zero attached hydrogens (tertiary/aromatic N) is 5. The minimum atomic E-state index is -0.621. The smallest absolute Gasteiger partial charge is 0.328 e. The molecule has 3 atom stereocenters. The summed E-state index contributed by atoms with van der Waals surface area (Å²) < 4.78 is 2.23. The molecule has 192 valence electrons. The Morgan fingerprint density at radius 1 is 1.08 bits per heavy atom. The maximum atomic E-state index is 13.5. The van der Waals surface area contributed by atoms with Crippen molar-refractivity contribution in [2.75, 3.05) is 31.1 Å². The molecule has 6 rings (SSSR count). The zero-order valence-corrected chi connectivity index (χ0v) is 22.0. The number of aromatic amines is 1. The van der Waals surface area contributed by atoms with Crippen molar-refractivity contribution in [1.29, 1.82) is 0 Å². The first kappa shape index (κ1) is 23.9. The van der Waals surface area contributed by atoms with Gasteiger partial charge in [-0.3, -0.25) is 23.9 Å². The molecular weight excluding hydrogens is 540 g/mol. The Balaban J connectivity index is 1.12. The van der Waals surface area contributed by atoms with Crippen LogP contribution < -0.4 is 16.1 Å². The third-order valence-electron chi connectivity index (χ3n) is 7.72. The summed E-state index contributed by atoms with van der Waals surface area (Å²) in [5, 5.41) is 1.07. The quantitative estimate of drug-likeness (QED) is 0.512. The van der Waals surface area contributed by atoms with E-state index in [1.54, 1.807) is 11.8 Å². The maximum Gasteiger partial charge on any atom is 0.328 e. The van der Waals surface area contributed by atoms with Crippen LogP contribution in [0, 0.1) is 12.8 Å². The fraction of sp³-hybridized carbons (Fsp3) is 0.423. The number of carbonyl (C=O) groups is 2. The van der Waals surface area contributed by atoms with Crippen LogP contribution in [0.3, 0.4) is 0 Å². The van der Waals surface area contributed by atoms with Crippen LogP contribution >= 0.6 is 15.9 Å². The fourth-order valence-corrected chi connectivity index (χ4v) is 6.01. The van der Waals surface area contributed by atoms with E-state index in [0.717, 1.165) is 27.6 Å². The van der Waals surface area contributed by atoms with Crippen LogP contribution in [-0.2, 0) is 16.1 Å². The largest absolute Gasteiger partial charge is 0.353 e. The van der Waals surface area contributed by atoms with Gasteiger partial charge in [0.2, 0.25) is 11.8 Å². The highest BCUT2D eigenvalue weighted by molar-refractivity contribution is 9.10. The number of anilines is 1. The summed E-state index contributed by atoms with van der Waals surface area (Å²) >= 11 is 3.49. The molecule has 1 saturated carbocycles. The molecule has 2 aliphatic heterocycles. The van der Waals surface area contributed by atoms with Crippen LogP contribution in [0.2, 0.25) is 0 Å². The number of amides is 2. The minimum Gasteiger partial charge on any atom is -0.353 e. The lowest BCUT2D eigenvalue weighted by Gasteiger charge is -2.38. The molecule has 2 aromatic heterocycles. The molecular formula is C26H27BrN6O4. The molecule has 2 saturated heterocycles. The van der Waals surface area contributed by atoms with Crippen LogP contribution in [0.4, 0.5) is 5.82 Å². The van der Waals surface area contributed by atoms with Gasteiger partial charge >= 0.3 is 5.69 Å². The van der Waals surface area contributed by atoms with Gasteiger partial charge in [-0.25, -0.2) is 9.78 Å². The average Bonchev–Trinajstić information content (AvgIpc) is 3.55. The second-order valence-corrected chi connectivity index (χ2v) is 11.0. The van der Waals surface area contributed by atoms with Crippen molar-refractivity contribution in [3.8, 4) is 0 Å². The molecule has 10 nitrogen and oxygen atoms in total. The molecule has 3 aromatic rings. The lowest BCUT2D eigenvalue weighted by atomic mass is 10.1. The lowest BCUT2D eigenvalue weighted by Crippen LogP contribution is -2.55. The van der Waals surface area contributed by atoms with Crippen molar-refractivity contribution in [2.45, 2.75) is 38.4 Å². The zero-order valence-electron chi connectivity index (χ0n) is 20.4. The Kier molecular flexibility index (Phi) is 5.89. The molecule has 1 aromatic carbocycles. The highest BCUT2D eigenvalue weighted by Gasteiger charge is 2.56. The molecule has 1 aliphatic carbocycles. The Morgan fingerprint density at radius 3 is 2.65 bits per heavy atom. The topological polar surface area (TPSA) is 112 Å². The van der Waals surface area contributed by atoms with Crippen LogP contribution in [0.1, 0.15) is 18.4 Å². The summed E-state index contributed by atoms with van der Waals surface area (Å²) in [5.74, 6) is 0.946. The second-order valence-electron chi connectivity index (χ2n) is 10.1. The SMILES string of the molecule is Cc1cn(CC(=O)N2[C@@H]3C[C@@H]3C[C@H]2C(=O)N2CCN(c3ccc4cc(Br)ccc4n3)CC2)c(=O)[nH]c1=O. The summed E-state index contributed by atoms with van der Waals surface area (Å²) in [6.07, 6.45) is 2.96. The predicted molar refractivity (Wildman–Crippen MR) is 141 cm³/mol. The number of carbonyl (C=O) groups excluding carboxylic acids is 2. The van der Waals surface area contributed by atoms with Gasteiger partial charge < -0.3 is 14.7 Å². The molecule has 11 heteroatoms. The fourth-order valence-electron chi connectivity index (χ4n) is 5.63. The monoisotopic (exact) mass is 566 g/mol. The summed E-state index contributed by atoms with van der Waals surface area (Å²) in [6, 6.07) is 9.63. The van der Waals surface area contributed by atoms with Crippen LogP contribution in [-0.4, -0.2) is 74.4 Å². The van der Waals surface area contributed by atoms with E-state index in [4.69, 9.17) is 4.98 Å². The summed E-state index contributed by atoms with van der Waals surface area (Å²) in [6.45, 7) is 3.85. The third-order valence-corrected chi connectivity index (χ3v) is 8.22. The standard InChI is InChI=1S/C26H27BrN6O4/c1-15-13-32(26(37)29-24(15)35)14-23(34)33-20-11-17(20)12-21(33)25(36)31-8-6-30(7-9-31)22-5-2-16-10-18(27)3-4-19(16)28-22/h2-5,10,13,17,20-21H,6-9,11-12,14H2,1H3,(H,29,35,37)/t17-,20-,21+/m1/s1. The number of fused-ring (bicyclic) bond motifs is 2. The van der Waals surface area contributed by atoms with Crippen molar-refractivity contribution >= 4 is 44.5 Å². The zero-order chi connectivity index (χ0) is 25.8. The van der Waals surface area contributed by atoms with E-state index in [-0.39, 0.29) is 24.4 Å². The number of pyridine rings is 1. The van der Waals surface area contributed by atoms with Crippen molar-refractivity contribution in [2.24, 2.45) is 5.92 Å². The number of halogens is 1. The van der Waals surface area contributed by atoms with E-state index in [0.29, 0.717) is 44.1 Å². The predicted octanol–water partition coefficient (Wildman–Crippen LogP) is 1.49. The summed E-state index contributed by atoms with van der Waals surface area (Å²) in [7, 11) is 0. The summed E-state index contributed by atoms with van der Waals surface area (Å²) in [4.78, 5) is 63.4. The summed E-state index contributed by atoms with van der Waals surface area (Å²) in [5.41, 5.74) is 0.202. The Labute approximate surface area is 221 Å². The first-order valence-corrected chi connectivity index (χ1v) is 13.3. The number of piperidine rings is 1. The van der Waals surface area contributed by atoms with E-state index in [9.17, 15) is 19.2 Å². The maximum absolute atomic E-state index is 13.5. The second kappa shape index (κ2) is 9.13. The number of aryl methyl sites for hydroxylation is 1. The van der Waals surface area contributed by atoms with Gasteiger partial charge in [0, 0.05) is 53.8 Å². The van der Waals surface area contributed by atoms with Gasteiger partial charge in [0.1, 0.15) is 18.4 Å². The molecule has 3 fully saturated rings. The number of nitrogens with one attached hydrogen (secondary N) is 1. The van der Waals surface area contributed by atoms with Gasteiger partial charge in [-0.15, -0.1) is 0 Å². The first-order chi connectivity index (χ1) is 17.8. The number of benzene rings is 1. The van der Waals surface area contributed by atoms with E-state index in [2.05, 4.69) is 31.9 Å².